The summed E-state index contributed by atoms with van der Waals surface area (Å²) < 4.78 is 5.52. The molecule has 1 fully saturated rings. The Balaban J connectivity index is 1.76. The fourth-order valence-electron chi connectivity index (χ4n) is 2.01. The van der Waals surface area contributed by atoms with Crippen molar-refractivity contribution in [2.24, 2.45) is 5.92 Å². The van der Waals surface area contributed by atoms with Gasteiger partial charge in [0.05, 0.1) is 6.54 Å². The van der Waals surface area contributed by atoms with Gasteiger partial charge < -0.3 is 15.1 Å². The molecular formula is C12H22N4O. The molecule has 1 aromatic heterocycles. The lowest BCUT2D eigenvalue weighted by atomic mass is 9.80. The predicted molar refractivity (Wildman–Crippen MR) is 66.7 cm³/mol. The van der Waals surface area contributed by atoms with E-state index < -0.39 is 0 Å². The maximum atomic E-state index is 5.52. The van der Waals surface area contributed by atoms with E-state index in [0.29, 0.717) is 24.5 Å². The normalized spacial score (nSPS) is 17.8. The van der Waals surface area contributed by atoms with Crippen LogP contribution >= 0.6 is 0 Å². The summed E-state index contributed by atoms with van der Waals surface area (Å²) in [6.45, 7) is 5.95. The van der Waals surface area contributed by atoms with Crippen molar-refractivity contribution in [2.75, 3.05) is 11.9 Å². The van der Waals surface area contributed by atoms with E-state index in [4.69, 9.17) is 4.42 Å². The first-order valence-corrected chi connectivity index (χ1v) is 6.59. The molecule has 1 atom stereocenters. The SMILES string of the molecule is CCCNCc1nnc(NC(C)C2CCC2)o1. The van der Waals surface area contributed by atoms with Gasteiger partial charge in [-0.05, 0) is 38.6 Å². The van der Waals surface area contributed by atoms with Crippen molar-refractivity contribution in [3.8, 4) is 0 Å². The van der Waals surface area contributed by atoms with Crippen molar-refractivity contribution in [2.45, 2.75) is 52.1 Å². The average Bonchev–Trinajstić information content (AvgIpc) is 2.63. The monoisotopic (exact) mass is 238 g/mol. The molecule has 0 aromatic carbocycles. The van der Waals surface area contributed by atoms with Gasteiger partial charge in [0.1, 0.15) is 0 Å². The Kier molecular flexibility index (Phi) is 4.36. The van der Waals surface area contributed by atoms with Gasteiger partial charge in [-0.3, -0.25) is 0 Å². The van der Waals surface area contributed by atoms with Crippen LogP contribution < -0.4 is 10.6 Å². The van der Waals surface area contributed by atoms with Crippen molar-refractivity contribution in [1.82, 2.24) is 15.5 Å². The maximum Gasteiger partial charge on any atom is 0.315 e. The number of hydrogen-bond donors (Lipinski definition) is 2. The molecule has 0 bridgehead atoms. The Morgan fingerprint density at radius 3 is 2.88 bits per heavy atom. The molecule has 5 heteroatoms. The molecule has 1 aliphatic rings. The molecule has 17 heavy (non-hydrogen) atoms. The van der Waals surface area contributed by atoms with Gasteiger partial charge >= 0.3 is 6.01 Å². The molecule has 1 aromatic rings. The van der Waals surface area contributed by atoms with Gasteiger partial charge in [0.25, 0.3) is 0 Å². The second-order valence-electron chi connectivity index (χ2n) is 4.80. The van der Waals surface area contributed by atoms with Crippen LogP contribution in [-0.2, 0) is 6.54 Å². The fourth-order valence-corrected chi connectivity index (χ4v) is 2.01. The number of rotatable bonds is 7. The third-order valence-electron chi connectivity index (χ3n) is 3.38. The molecule has 0 saturated heterocycles. The van der Waals surface area contributed by atoms with Crippen LogP contribution in [0, 0.1) is 5.92 Å². The summed E-state index contributed by atoms with van der Waals surface area (Å²) in [6.07, 6.45) is 5.09. The van der Waals surface area contributed by atoms with Gasteiger partial charge in [-0.1, -0.05) is 18.4 Å². The van der Waals surface area contributed by atoms with Crippen LogP contribution in [0.3, 0.4) is 0 Å². The molecule has 1 heterocycles. The smallest absolute Gasteiger partial charge is 0.315 e. The van der Waals surface area contributed by atoms with Gasteiger partial charge in [-0.2, -0.15) is 0 Å². The third-order valence-corrected chi connectivity index (χ3v) is 3.38. The first kappa shape index (κ1) is 12.4. The molecule has 0 spiro atoms. The van der Waals surface area contributed by atoms with E-state index in [1.165, 1.54) is 19.3 Å². The predicted octanol–water partition coefficient (Wildman–Crippen LogP) is 2.17. The summed E-state index contributed by atoms with van der Waals surface area (Å²) in [6, 6.07) is 0.985. The third kappa shape index (κ3) is 3.43. The highest BCUT2D eigenvalue weighted by Crippen LogP contribution is 2.30. The molecule has 0 radical (unpaired) electrons. The minimum Gasteiger partial charge on any atom is -0.407 e. The van der Waals surface area contributed by atoms with Crippen LogP contribution in [0.4, 0.5) is 6.01 Å². The Morgan fingerprint density at radius 1 is 1.41 bits per heavy atom. The quantitative estimate of drug-likeness (QED) is 0.713. The second kappa shape index (κ2) is 6.00. The van der Waals surface area contributed by atoms with Crippen molar-refractivity contribution in [3.63, 3.8) is 0 Å². The molecule has 0 amide bonds. The number of nitrogens with zero attached hydrogens (tertiary/aromatic N) is 2. The summed E-state index contributed by atoms with van der Waals surface area (Å²) in [5.41, 5.74) is 0. The van der Waals surface area contributed by atoms with Crippen LogP contribution in [-0.4, -0.2) is 22.8 Å². The van der Waals surface area contributed by atoms with E-state index in [9.17, 15) is 0 Å². The number of nitrogens with one attached hydrogen (secondary N) is 2. The van der Waals surface area contributed by atoms with Gasteiger partial charge in [-0.15, -0.1) is 5.10 Å². The average molecular weight is 238 g/mol. The van der Waals surface area contributed by atoms with Crippen molar-refractivity contribution in [3.05, 3.63) is 5.89 Å². The maximum absolute atomic E-state index is 5.52. The van der Waals surface area contributed by atoms with Gasteiger partial charge in [0, 0.05) is 6.04 Å². The molecule has 2 N–H and O–H groups in total. The lowest BCUT2D eigenvalue weighted by Crippen LogP contribution is -2.30. The van der Waals surface area contributed by atoms with E-state index >= 15 is 0 Å². The standard InChI is InChI=1S/C12H22N4O/c1-3-7-13-8-11-15-16-12(17-11)14-9(2)10-5-4-6-10/h9-10,13H,3-8H2,1-2H3,(H,14,16). The van der Waals surface area contributed by atoms with Crippen molar-refractivity contribution in [1.29, 1.82) is 0 Å². The fraction of sp³-hybridized carbons (Fsp3) is 0.833. The molecule has 5 nitrogen and oxygen atoms in total. The summed E-state index contributed by atoms with van der Waals surface area (Å²) in [5, 5.41) is 14.5. The Morgan fingerprint density at radius 2 is 2.24 bits per heavy atom. The largest absolute Gasteiger partial charge is 0.407 e. The first-order valence-electron chi connectivity index (χ1n) is 6.59. The summed E-state index contributed by atoms with van der Waals surface area (Å²) in [7, 11) is 0. The zero-order valence-electron chi connectivity index (χ0n) is 10.7. The second-order valence-corrected chi connectivity index (χ2v) is 4.80. The molecule has 1 aliphatic carbocycles. The van der Waals surface area contributed by atoms with E-state index in [1.807, 2.05) is 0 Å². The minimum absolute atomic E-state index is 0.431. The summed E-state index contributed by atoms with van der Waals surface area (Å²) >= 11 is 0. The van der Waals surface area contributed by atoms with E-state index in [2.05, 4.69) is 34.7 Å². The van der Waals surface area contributed by atoms with Crippen molar-refractivity contribution < 1.29 is 4.42 Å². The highest BCUT2D eigenvalue weighted by atomic mass is 16.4. The van der Waals surface area contributed by atoms with E-state index in [-0.39, 0.29) is 0 Å². The van der Waals surface area contributed by atoms with Crippen LogP contribution in [0.2, 0.25) is 0 Å². The molecule has 96 valence electrons. The van der Waals surface area contributed by atoms with Crippen molar-refractivity contribution >= 4 is 6.01 Å². The summed E-state index contributed by atoms with van der Waals surface area (Å²) in [5.74, 6) is 1.42. The van der Waals surface area contributed by atoms with Crippen LogP contribution in [0.1, 0.15) is 45.4 Å². The highest BCUT2D eigenvalue weighted by Gasteiger charge is 2.24. The lowest BCUT2D eigenvalue weighted by molar-refractivity contribution is 0.281. The Bertz CT molecular complexity index is 335. The Hall–Kier alpha value is -1.10. The number of hydrogen-bond acceptors (Lipinski definition) is 5. The molecular weight excluding hydrogens is 216 g/mol. The highest BCUT2D eigenvalue weighted by molar-refractivity contribution is 5.19. The zero-order chi connectivity index (χ0) is 12.1. The van der Waals surface area contributed by atoms with E-state index in [0.717, 1.165) is 18.9 Å². The van der Waals surface area contributed by atoms with Gasteiger partial charge in [-0.25, -0.2) is 0 Å². The van der Waals surface area contributed by atoms with Gasteiger partial charge in [0.15, 0.2) is 0 Å². The molecule has 0 aliphatic heterocycles. The number of aromatic nitrogens is 2. The number of anilines is 1. The first-order chi connectivity index (χ1) is 8.29. The van der Waals surface area contributed by atoms with Crippen LogP contribution in [0.5, 0.6) is 0 Å². The molecule has 1 unspecified atom stereocenters. The Labute approximate surface area is 102 Å². The molecule has 2 rings (SSSR count). The van der Waals surface area contributed by atoms with E-state index in [1.54, 1.807) is 0 Å². The minimum atomic E-state index is 0.431. The van der Waals surface area contributed by atoms with Crippen LogP contribution in [0.15, 0.2) is 4.42 Å². The van der Waals surface area contributed by atoms with Gasteiger partial charge in [0.2, 0.25) is 5.89 Å². The topological polar surface area (TPSA) is 63.0 Å². The molecule has 1 saturated carbocycles. The summed E-state index contributed by atoms with van der Waals surface area (Å²) in [4.78, 5) is 0. The lowest BCUT2D eigenvalue weighted by Gasteiger charge is -2.31. The van der Waals surface area contributed by atoms with Crippen LogP contribution in [0.25, 0.3) is 0 Å². The zero-order valence-corrected chi connectivity index (χ0v) is 10.7.